The lowest BCUT2D eigenvalue weighted by molar-refractivity contribution is 0.220. The molecule has 1 nitrogen and oxygen atoms in total. The summed E-state index contributed by atoms with van der Waals surface area (Å²) in [4.78, 5) is 2.45. The second kappa shape index (κ2) is 2.93. The average molecular weight is 145 g/mol. The van der Waals surface area contributed by atoms with Gasteiger partial charge in [0, 0.05) is 23.6 Å². The molecule has 0 aliphatic carbocycles. The van der Waals surface area contributed by atoms with E-state index < -0.39 is 0 Å². The standard InChI is InChI=1S/C7H15NS/c1-6-4-9-5-7(2)8(6)3/h6-7H,4-5H2,1-3H3. The van der Waals surface area contributed by atoms with Crippen molar-refractivity contribution in [3.63, 3.8) is 0 Å². The summed E-state index contributed by atoms with van der Waals surface area (Å²) in [6.07, 6.45) is 0. The van der Waals surface area contributed by atoms with Crippen molar-refractivity contribution >= 4 is 11.8 Å². The Labute approximate surface area is 61.8 Å². The van der Waals surface area contributed by atoms with Gasteiger partial charge in [0.05, 0.1) is 0 Å². The smallest absolute Gasteiger partial charge is 0.0158 e. The minimum Gasteiger partial charge on any atom is -0.299 e. The van der Waals surface area contributed by atoms with Gasteiger partial charge in [-0.15, -0.1) is 0 Å². The molecule has 0 aromatic carbocycles. The second-order valence-electron chi connectivity index (χ2n) is 2.90. The van der Waals surface area contributed by atoms with Crippen molar-refractivity contribution in [2.45, 2.75) is 25.9 Å². The van der Waals surface area contributed by atoms with Crippen LogP contribution in [0.15, 0.2) is 0 Å². The fourth-order valence-electron chi connectivity index (χ4n) is 1.08. The third kappa shape index (κ3) is 1.62. The van der Waals surface area contributed by atoms with E-state index in [2.05, 4.69) is 37.6 Å². The van der Waals surface area contributed by atoms with Gasteiger partial charge >= 0.3 is 0 Å². The Bertz CT molecular complexity index is 84.9. The second-order valence-corrected chi connectivity index (χ2v) is 3.98. The summed E-state index contributed by atoms with van der Waals surface area (Å²) < 4.78 is 0. The lowest BCUT2D eigenvalue weighted by Gasteiger charge is -2.35. The maximum absolute atomic E-state index is 2.45. The molecular weight excluding hydrogens is 130 g/mol. The van der Waals surface area contributed by atoms with Crippen LogP contribution in [0.3, 0.4) is 0 Å². The summed E-state index contributed by atoms with van der Waals surface area (Å²) in [6.45, 7) is 4.59. The van der Waals surface area contributed by atoms with E-state index in [1.165, 1.54) is 11.5 Å². The molecule has 2 atom stereocenters. The number of nitrogens with zero attached hydrogens (tertiary/aromatic N) is 1. The zero-order chi connectivity index (χ0) is 6.85. The van der Waals surface area contributed by atoms with Gasteiger partial charge in [-0.05, 0) is 20.9 Å². The molecule has 1 rings (SSSR count). The highest BCUT2D eigenvalue weighted by Gasteiger charge is 2.20. The Morgan fingerprint density at radius 2 is 1.67 bits per heavy atom. The highest BCUT2D eigenvalue weighted by molar-refractivity contribution is 7.99. The van der Waals surface area contributed by atoms with Crippen LogP contribution >= 0.6 is 11.8 Å². The van der Waals surface area contributed by atoms with Gasteiger partial charge in [0.2, 0.25) is 0 Å². The Morgan fingerprint density at radius 1 is 1.22 bits per heavy atom. The number of thioether (sulfide) groups is 1. The maximum atomic E-state index is 2.45. The van der Waals surface area contributed by atoms with Gasteiger partial charge in [0.1, 0.15) is 0 Å². The van der Waals surface area contributed by atoms with Gasteiger partial charge in [-0.2, -0.15) is 11.8 Å². The van der Waals surface area contributed by atoms with Crippen LogP contribution in [-0.2, 0) is 0 Å². The summed E-state index contributed by atoms with van der Waals surface area (Å²) in [5.74, 6) is 2.61. The van der Waals surface area contributed by atoms with Crippen molar-refractivity contribution in [3.8, 4) is 0 Å². The van der Waals surface area contributed by atoms with Gasteiger partial charge in [0.15, 0.2) is 0 Å². The first-order valence-electron chi connectivity index (χ1n) is 3.51. The Hall–Kier alpha value is 0.310. The third-order valence-electron chi connectivity index (χ3n) is 2.11. The van der Waals surface area contributed by atoms with Crippen molar-refractivity contribution in [3.05, 3.63) is 0 Å². The van der Waals surface area contributed by atoms with Crippen molar-refractivity contribution < 1.29 is 0 Å². The van der Waals surface area contributed by atoms with E-state index in [9.17, 15) is 0 Å². The van der Waals surface area contributed by atoms with Crippen LogP contribution in [0, 0.1) is 0 Å². The van der Waals surface area contributed by atoms with Crippen LogP contribution in [0.5, 0.6) is 0 Å². The minimum atomic E-state index is 0.777. The molecule has 54 valence electrons. The van der Waals surface area contributed by atoms with Gasteiger partial charge < -0.3 is 0 Å². The van der Waals surface area contributed by atoms with Gasteiger partial charge in [0.25, 0.3) is 0 Å². The summed E-state index contributed by atoms with van der Waals surface area (Å²) in [5, 5.41) is 0. The fraction of sp³-hybridized carbons (Fsp3) is 1.00. The molecule has 1 fully saturated rings. The first-order valence-corrected chi connectivity index (χ1v) is 4.67. The van der Waals surface area contributed by atoms with E-state index in [0.717, 1.165) is 12.1 Å². The molecule has 0 radical (unpaired) electrons. The highest BCUT2D eigenvalue weighted by atomic mass is 32.2. The molecule has 2 unspecified atom stereocenters. The Morgan fingerprint density at radius 3 is 2.00 bits per heavy atom. The molecule has 0 bridgehead atoms. The molecule has 0 N–H and O–H groups in total. The van der Waals surface area contributed by atoms with Crippen LogP contribution in [0.25, 0.3) is 0 Å². The van der Waals surface area contributed by atoms with Gasteiger partial charge in [-0.1, -0.05) is 0 Å². The van der Waals surface area contributed by atoms with E-state index in [0.29, 0.717) is 0 Å². The maximum Gasteiger partial charge on any atom is 0.0158 e. The first-order chi connectivity index (χ1) is 4.22. The van der Waals surface area contributed by atoms with Crippen LogP contribution in [0.4, 0.5) is 0 Å². The van der Waals surface area contributed by atoms with Crippen molar-refractivity contribution in [2.24, 2.45) is 0 Å². The molecule has 1 heterocycles. The third-order valence-corrected chi connectivity index (χ3v) is 3.54. The number of hydrogen-bond acceptors (Lipinski definition) is 2. The van der Waals surface area contributed by atoms with Crippen molar-refractivity contribution in [1.82, 2.24) is 4.90 Å². The summed E-state index contributed by atoms with van der Waals surface area (Å²) in [7, 11) is 2.22. The highest BCUT2D eigenvalue weighted by Crippen LogP contribution is 2.18. The molecule has 2 heteroatoms. The molecule has 9 heavy (non-hydrogen) atoms. The van der Waals surface area contributed by atoms with Crippen LogP contribution in [-0.4, -0.2) is 35.5 Å². The molecule has 1 aliphatic heterocycles. The van der Waals surface area contributed by atoms with Crippen LogP contribution in [0.1, 0.15) is 13.8 Å². The largest absolute Gasteiger partial charge is 0.299 e. The van der Waals surface area contributed by atoms with Crippen LogP contribution in [0.2, 0.25) is 0 Å². The lowest BCUT2D eigenvalue weighted by Crippen LogP contribution is -2.43. The monoisotopic (exact) mass is 145 g/mol. The molecule has 0 spiro atoms. The van der Waals surface area contributed by atoms with Gasteiger partial charge in [-0.3, -0.25) is 4.90 Å². The minimum absolute atomic E-state index is 0.777. The molecule has 0 aromatic heterocycles. The quantitative estimate of drug-likeness (QED) is 0.507. The lowest BCUT2D eigenvalue weighted by atomic mass is 10.2. The van der Waals surface area contributed by atoms with Crippen molar-refractivity contribution in [2.75, 3.05) is 18.6 Å². The Kier molecular flexibility index (Phi) is 2.42. The summed E-state index contributed by atoms with van der Waals surface area (Å²) in [6, 6.07) is 1.55. The topological polar surface area (TPSA) is 3.24 Å². The van der Waals surface area contributed by atoms with E-state index in [-0.39, 0.29) is 0 Å². The number of hydrogen-bond donors (Lipinski definition) is 0. The van der Waals surface area contributed by atoms with E-state index in [1.807, 2.05) is 0 Å². The van der Waals surface area contributed by atoms with Gasteiger partial charge in [-0.25, -0.2) is 0 Å². The van der Waals surface area contributed by atoms with Crippen molar-refractivity contribution in [1.29, 1.82) is 0 Å². The SMILES string of the molecule is CC1CSCC(C)N1C. The predicted molar refractivity (Wildman–Crippen MR) is 44.0 cm³/mol. The Balaban J connectivity index is 2.41. The van der Waals surface area contributed by atoms with E-state index >= 15 is 0 Å². The zero-order valence-corrected chi connectivity index (χ0v) is 7.24. The molecule has 1 saturated heterocycles. The molecule has 0 amide bonds. The number of rotatable bonds is 0. The normalized spacial score (nSPS) is 39.0. The summed E-state index contributed by atoms with van der Waals surface area (Å²) >= 11 is 2.07. The van der Waals surface area contributed by atoms with E-state index in [1.54, 1.807) is 0 Å². The predicted octanol–water partition coefficient (Wildman–Crippen LogP) is 1.44. The van der Waals surface area contributed by atoms with E-state index in [4.69, 9.17) is 0 Å². The summed E-state index contributed by atoms with van der Waals surface area (Å²) in [5.41, 5.74) is 0. The zero-order valence-electron chi connectivity index (χ0n) is 6.42. The van der Waals surface area contributed by atoms with Crippen LogP contribution < -0.4 is 0 Å². The molecule has 0 aromatic rings. The molecule has 0 saturated carbocycles. The molecular formula is C7H15NS. The average Bonchev–Trinajstić information content (AvgIpc) is 1.83. The fourth-order valence-corrected chi connectivity index (χ4v) is 2.37. The first kappa shape index (κ1) is 7.42. The molecule has 1 aliphatic rings.